The summed E-state index contributed by atoms with van der Waals surface area (Å²) in [7, 11) is 1.58. The SMILES string of the molecule is CCc1ccsc1CNc1cnn(CCOC)c(=O)c1Cl. The molecule has 0 unspecified atom stereocenters. The standard InChI is InChI=1S/C14H18ClN3O2S/c1-3-10-4-7-21-12(10)9-16-11-8-17-18(5-6-20-2)14(19)13(11)15/h4,7-8,16H,3,5-6,9H2,1-2H3. The van der Waals surface area contributed by atoms with Crippen molar-refractivity contribution in [2.75, 3.05) is 19.0 Å². The summed E-state index contributed by atoms with van der Waals surface area (Å²) in [5.41, 5.74) is 1.57. The Morgan fingerprint density at radius 2 is 2.33 bits per heavy atom. The number of thiophene rings is 1. The van der Waals surface area contributed by atoms with Crippen LogP contribution < -0.4 is 10.9 Å². The molecule has 7 heteroatoms. The third kappa shape index (κ3) is 3.84. The Balaban J connectivity index is 2.11. The molecular formula is C14H18ClN3O2S. The third-order valence-electron chi connectivity index (χ3n) is 3.15. The van der Waals surface area contributed by atoms with Crippen LogP contribution in [0.2, 0.25) is 5.02 Å². The van der Waals surface area contributed by atoms with E-state index in [4.69, 9.17) is 16.3 Å². The number of nitrogens with zero attached hydrogens (tertiary/aromatic N) is 2. The topological polar surface area (TPSA) is 56.1 Å². The molecule has 21 heavy (non-hydrogen) atoms. The average Bonchev–Trinajstić information content (AvgIpc) is 2.95. The van der Waals surface area contributed by atoms with Gasteiger partial charge in [-0.05, 0) is 23.4 Å². The minimum atomic E-state index is -0.305. The fraction of sp³-hybridized carbons (Fsp3) is 0.429. The van der Waals surface area contributed by atoms with Crippen LogP contribution in [0.15, 0.2) is 22.4 Å². The highest BCUT2D eigenvalue weighted by Crippen LogP contribution is 2.21. The number of hydrogen-bond donors (Lipinski definition) is 1. The average molecular weight is 328 g/mol. The van der Waals surface area contributed by atoms with Gasteiger partial charge in [-0.2, -0.15) is 5.10 Å². The number of rotatable bonds is 7. The lowest BCUT2D eigenvalue weighted by atomic mass is 10.2. The van der Waals surface area contributed by atoms with E-state index in [-0.39, 0.29) is 10.6 Å². The molecule has 0 saturated carbocycles. The number of anilines is 1. The van der Waals surface area contributed by atoms with E-state index in [1.165, 1.54) is 15.1 Å². The van der Waals surface area contributed by atoms with E-state index in [2.05, 4.69) is 28.8 Å². The molecule has 114 valence electrons. The Hall–Kier alpha value is -1.37. The van der Waals surface area contributed by atoms with Crippen molar-refractivity contribution >= 4 is 28.6 Å². The zero-order valence-corrected chi connectivity index (χ0v) is 13.6. The summed E-state index contributed by atoms with van der Waals surface area (Å²) in [6.07, 6.45) is 2.57. The van der Waals surface area contributed by atoms with Crippen LogP contribution in [0.25, 0.3) is 0 Å². The van der Waals surface area contributed by atoms with E-state index in [1.54, 1.807) is 24.6 Å². The molecule has 0 atom stereocenters. The number of methoxy groups -OCH3 is 1. The van der Waals surface area contributed by atoms with E-state index in [9.17, 15) is 4.79 Å². The van der Waals surface area contributed by atoms with Crippen molar-refractivity contribution in [1.82, 2.24) is 9.78 Å². The van der Waals surface area contributed by atoms with Crippen molar-refractivity contribution in [1.29, 1.82) is 0 Å². The highest BCUT2D eigenvalue weighted by atomic mass is 35.5. The van der Waals surface area contributed by atoms with Gasteiger partial charge >= 0.3 is 0 Å². The largest absolute Gasteiger partial charge is 0.383 e. The summed E-state index contributed by atoms with van der Waals surface area (Å²) in [5, 5.41) is 9.52. The lowest BCUT2D eigenvalue weighted by Crippen LogP contribution is -2.26. The number of ether oxygens (including phenoxy) is 1. The fourth-order valence-electron chi connectivity index (χ4n) is 1.94. The smallest absolute Gasteiger partial charge is 0.287 e. The highest BCUT2D eigenvalue weighted by Gasteiger charge is 2.10. The molecule has 0 radical (unpaired) electrons. The van der Waals surface area contributed by atoms with Crippen LogP contribution in [-0.2, 0) is 24.2 Å². The van der Waals surface area contributed by atoms with Gasteiger partial charge in [-0.25, -0.2) is 4.68 Å². The quantitative estimate of drug-likeness (QED) is 0.849. The first kappa shape index (κ1) is 16.0. The van der Waals surface area contributed by atoms with Crippen molar-refractivity contribution in [2.45, 2.75) is 26.4 Å². The predicted octanol–water partition coefficient (Wildman–Crippen LogP) is 2.78. The molecule has 0 bridgehead atoms. The molecule has 2 rings (SSSR count). The summed E-state index contributed by atoms with van der Waals surface area (Å²) in [5.74, 6) is 0. The number of hydrogen-bond acceptors (Lipinski definition) is 5. The van der Waals surface area contributed by atoms with Crippen molar-refractivity contribution in [3.8, 4) is 0 Å². The van der Waals surface area contributed by atoms with Gasteiger partial charge in [-0.1, -0.05) is 18.5 Å². The molecule has 0 saturated heterocycles. The fourth-order valence-corrected chi connectivity index (χ4v) is 3.07. The van der Waals surface area contributed by atoms with Gasteiger partial charge in [0.2, 0.25) is 0 Å². The lowest BCUT2D eigenvalue weighted by molar-refractivity contribution is 0.182. The van der Waals surface area contributed by atoms with Gasteiger partial charge in [0.1, 0.15) is 5.02 Å². The molecule has 0 aliphatic carbocycles. The first-order valence-corrected chi connectivity index (χ1v) is 7.96. The first-order chi connectivity index (χ1) is 10.2. The predicted molar refractivity (Wildman–Crippen MR) is 86.4 cm³/mol. The Labute approximate surface area is 132 Å². The van der Waals surface area contributed by atoms with E-state index < -0.39 is 0 Å². The summed E-state index contributed by atoms with van der Waals surface area (Å²) in [6.45, 7) is 3.58. The molecule has 0 aliphatic rings. The van der Waals surface area contributed by atoms with Crippen molar-refractivity contribution < 1.29 is 4.74 Å². The van der Waals surface area contributed by atoms with E-state index in [1.807, 2.05) is 0 Å². The van der Waals surface area contributed by atoms with Gasteiger partial charge < -0.3 is 10.1 Å². The number of halogens is 1. The van der Waals surface area contributed by atoms with Crippen LogP contribution in [0.4, 0.5) is 5.69 Å². The van der Waals surface area contributed by atoms with Crippen LogP contribution in [0.1, 0.15) is 17.4 Å². The molecule has 0 fully saturated rings. The first-order valence-electron chi connectivity index (χ1n) is 6.71. The second-order valence-electron chi connectivity index (χ2n) is 4.47. The Morgan fingerprint density at radius 1 is 1.52 bits per heavy atom. The maximum Gasteiger partial charge on any atom is 0.287 e. The normalized spacial score (nSPS) is 10.8. The molecule has 0 amide bonds. The number of nitrogens with one attached hydrogen (secondary N) is 1. The molecule has 2 aromatic rings. The lowest BCUT2D eigenvalue weighted by Gasteiger charge is -2.10. The second-order valence-corrected chi connectivity index (χ2v) is 5.85. The number of aryl methyl sites for hydroxylation is 1. The second kappa shape index (κ2) is 7.59. The molecular weight excluding hydrogens is 310 g/mol. The molecule has 0 spiro atoms. The zero-order valence-electron chi connectivity index (χ0n) is 12.1. The van der Waals surface area contributed by atoms with Crippen LogP contribution in [0.5, 0.6) is 0 Å². The van der Waals surface area contributed by atoms with Crippen LogP contribution >= 0.6 is 22.9 Å². The van der Waals surface area contributed by atoms with Gasteiger partial charge in [0, 0.05) is 18.5 Å². The maximum absolute atomic E-state index is 12.1. The van der Waals surface area contributed by atoms with Gasteiger partial charge in [-0.15, -0.1) is 11.3 Å². The van der Waals surface area contributed by atoms with Gasteiger partial charge in [0.05, 0.1) is 25.0 Å². The van der Waals surface area contributed by atoms with Crippen LogP contribution in [0.3, 0.4) is 0 Å². The molecule has 0 aliphatic heterocycles. The Morgan fingerprint density at radius 3 is 3.05 bits per heavy atom. The summed E-state index contributed by atoms with van der Waals surface area (Å²) in [4.78, 5) is 13.3. The van der Waals surface area contributed by atoms with E-state index in [0.717, 1.165) is 6.42 Å². The van der Waals surface area contributed by atoms with Crippen molar-refractivity contribution in [2.24, 2.45) is 0 Å². The third-order valence-corrected chi connectivity index (χ3v) is 4.48. The Kier molecular flexibility index (Phi) is 5.78. The van der Waals surface area contributed by atoms with Gasteiger partial charge in [0.25, 0.3) is 5.56 Å². The van der Waals surface area contributed by atoms with Crippen LogP contribution in [-0.4, -0.2) is 23.5 Å². The van der Waals surface area contributed by atoms with Gasteiger partial charge in [-0.3, -0.25) is 4.79 Å². The van der Waals surface area contributed by atoms with E-state index in [0.29, 0.717) is 25.4 Å². The number of aromatic nitrogens is 2. The Bertz CT molecular complexity index is 654. The van der Waals surface area contributed by atoms with E-state index >= 15 is 0 Å². The monoisotopic (exact) mass is 327 g/mol. The van der Waals surface area contributed by atoms with Gasteiger partial charge in [0.15, 0.2) is 0 Å². The van der Waals surface area contributed by atoms with Crippen molar-refractivity contribution in [3.63, 3.8) is 0 Å². The molecule has 1 N–H and O–H groups in total. The summed E-state index contributed by atoms with van der Waals surface area (Å²) >= 11 is 7.81. The highest BCUT2D eigenvalue weighted by molar-refractivity contribution is 7.10. The van der Waals surface area contributed by atoms with Crippen molar-refractivity contribution in [3.05, 3.63) is 43.5 Å². The minimum Gasteiger partial charge on any atom is -0.383 e. The molecule has 2 aromatic heterocycles. The summed E-state index contributed by atoms with van der Waals surface area (Å²) in [6, 6.07) is 2.12. The molecule has 5 nitrogen and oxygen atoms in total. The minimum absolute atomic E-state index is 0.163. The maximum atomic E-state index is 12.1. The zero-order chi connectivity index (χ0) is 15.2. The molecule has 2 heterocycles. The summed E-state index contributed by atoms with van der Waals surface area (Å²) < 4.78 is 6.24. The van der Waals surface area contributed by atoms with Crippen LogP contribution in [0, 0.1) is 0 Å². The molecule has 0 aromatic carbocycles.